The predicted octanol–water partition coefficient (Wildman–Crippen LogP) is 2.35. The number of aromatic nitrogens is 3. The minimum Gasteiger partial charge on any atom is -0.328 e. The van der Waals surface area contributed by atoms with E-state index in [9.17, 15) is 4.79 Å². The molecule has 0 aliphatic carbocycles. The van der Waals surface area contributed by atoms with Gasteiger partial charge in [0.25, 0.3) is 5.91 Å². The molecule has 0 aliphatic heterocycles. The van der Waals surface area contributed by atoms with Crippen molar-refractivity contribution in [3.05, 3.63) is 45.9 Å². The zero-order valence-electron chi connectivity index (χ0n) is 9.47. The standard InChI is InChI=1S/C11H11ClN4OS/c1-2-5-16(7-8-3-4-10(12)18-8)11(17)9-6-13-15-14-9/h2-4,6H,1,5,7H2,(H,13,14,15). The first-order valence-electron chi connectivity index (χ1n) is 5.21. The van der Waals surface area contributed by atoms with E-state index in [-0.39, 0.29) is 5.91 Å². The molecule has 0 saturated heterocycles. The van der Waals surface area contributed by atoms with E-state index in [0.717, 1.165) is 4.88 Å². The number of halogens is 1. The SMILES string of the molecule is C=CCN(Cc1ccc(Cl)s1)C(=O)c1cn[nH]n1. The van der Waals surface area contributed by atoms with Gasteiger partial charge < -0.3 is 4.90 Å². The molecule has 0 unspecified atom stereocenters. The number of amides is 1. The lowest BCUT2D eigenvalue weighted by Crippen LogP contribution is -2.30. The number of carbonyl (C=O) groups is 1. The molecule has 0 spiro atoms. The van der Waals surface area contributed by atoms with E-state index in [2.05, 4.69) is 22.0 Å². The first kappa shape index (κ1) is 12.8. The van der Waals surface area contributed by atoms with Crippen molar-refractivity contribution in [3.63, 3.8) is 0 Å². The van der Waals surface area contributed by atoms with Gasteiger partial charge in [-0.25, -0.2) is 0 Å². The molecule has 0 fully saturated rings. The maximum absolute atomic E-state index is 12.1. The van der Waals surface area contributed by atoms with Crippen LogP contribution in [-0.2, 0) is 6.54 Å². The molecule has 2 rings (SSSR count). The molecule has 2 aromatic heterocycles. The summed E-state index contributed by atoms with van der Waals surface area (Å²) in [4.78, 5) is 14.8. The molecule has 0 radical (unpaired) electrons. The highest BCUT2D eigenvalue weighted by molar-refractivity contribution is 7.16. The maximum atomic E-state index is 12.1. The predicted molar refractivity (Wildman–Crippen MR) is 70.6 cm³/mol. The highest BCUT2D eigenvalue weighted by Gasteiger charge is 2.17. The second-order valence-electron chi connectivity index (χ2n) is 3.54. The number of thiophene rings is 1. The molecule has 0 aliphatic rings. The van der Waals surface area contributed by atoms with Crippen LogP contribution < -0.4 is 0 Å². The van der Waals surface area contributed by atoms with Crippen molar-refractivity contribution in [2.45, 2.75) is 6.54 Å². The largest absolute Gasteiger partial charge is 0.328 e. The summed E-state index contributed by atoms with van der Waals surface area (Å²) < 4.78 is 0.706. The van der Waals surface area contributed by atoms with Crippen molar-refractivity contribution in [2.75, 3.05) is 6.54 Å². The van der Waals surface area contributed by atoms with Gasteiger partial charge in [0.1, 0.15) is 0 Å². The minimum absolute atomic E-state index is 0.187. The molecule has 0 bridgehead atoms. The van der Waals surface area contributed by atoms with Crippen LogP contribution in [0.4, 0.5) is 0 Å². The molecule has 2 heterocycles. The Balaban J connectivity index is 2.13. The fourth-order valence-corrected chi connectivity index (χ4v) is 2.57. The summed E-state index contributed by atoms with van der Waals surface area (Å²) in [5, 5.41) is 9.83. The number of hydrogen-bond donors (Lipinski definition) is 1. The molecular formula is C11H11ClN4OS. The van der Waals surface area contributed by atoms with Gasteiger partial charge in [0.2, 0.25) is 0 Å². The number of nitrogens with zero attached hydrogens (tertiary/aromatic N) is 3. The van der Waals surface area contributed by atoms with Gasteiger partial charge >= 0.3 is 0 Å². The number of carbonyl (C=O) groups excluding carboxylic acids is 1. The van der Waals surface area contributed by atoms with Gasteiger partial charge in [-0.3, -0.25) is 4.79 Å². The average Bonchev–Trinajstić information content (AvgIpc) is 2.99. The smallest absolute Gasteiger partial charge is 0.276 e. The third kappa shape index (κ3) is 2.96. The van der Waals surface area contributed by atoms with E-state index >= 15 is 0 Å². The van der Waals surface area contributed by atoms with Crippen LogP contribution in [-0.4, -0.2) is 32.8 Å². The van der Waals surface area contributed by atoms with Gasteiger partial charge in [0.05, 0.1) is 17.1 Å². The molecule has 7 heteroatoms. The van der Waals surface area contributed by atoms with E-state index in [0.29, 0.717) is 23.1 Å². The van der Waals surface area contributed by atoms with Crippen molar-refractivity contribution in [3.8, 4) is 0 Å². The Morgan fingerprint density at radius 2 is 2.44 bits per heavy atom. The van der Waals surface area contributed by atoms with Gasteiger partial charge in [-0.15, -0.1) is 17.9 Å². The Labute approximate surface area is 113 Å². The first-order valence-corrected chi connectivity index (χ1v) is 6.40. The topological polar surface area (TPSA) is 61.9 Å². The van der Waals surface area contributed by atoms with Crippen LogP contribution in [0.3, 0.4) is 0 Å². The van der Waals surface area contributed by atoms with Crippen LogP contribution in [0, 0.1) is 0 Å². The van der Waals surface area contributed by atoms with Gasteiger partial charge in [0, 0.05) is 11.4 Å². The Bertz CT molecular complexity index is 537. The van der Waals surface area contributed by atoms with Crippen molar-refractivity contribution in [1.82, 2.24) is 20.3 Å². The van der Waals surface area contributed by atoms with Crippen molar-refractivity contribution in [2.24, 2.45) is 0 Å². The Hall–Kier alpha value is -1.66. The normalized spacial score (nSPS) is 10.3. The summed E-state index contributed by atoms with van der Waals surface area (Å²) >= 11 is 7.32. The lowest BCUT2D eigenvalue weighted by Gasteiger charge is -2.18. The van der Waals surface area contributed by atoms with Gasteiger partial charge in [-0.1, -0.05) is 17.7 Å². The lowest BCUT2D eigenvalue weighted by atomic mass is 10.3. The fraction of sp³-hybridized carbons (Fsp3) is 0.182. The Morgan fingerprint density at radius 1 is 1.61 bits per heavy atom. The summed E-state index contributed by atoms with van der Waals surface area (Å²) in [6, 6.07) is 3.72. The summed E-state index contributed by atoms with van der Waals surface area (Å²) in [5.74, 6) is -0.187. The molecule has 1 N–H and O–H groups in total. The van der Waals surface area contributed by atoms with Crippen LogP contribution in [0.2, 0.25) is 4.34 Å². The molecule has 2 aromatic rings. The monoisotopic (exact) mass is 282 g/mol. The molecule has 94 valence electrons. The summed E-state index contributed by atoms with van der Waals surface area (Å²) in [6.45, 7) is 4.58. The lowest BCUT2D eigenvalue weighted by molar-refractivity contribution is 0.0758. The van der Waals surface area contributed by atoms with Crippen LogP contribution >= 0.6 is 22.9 Å². The molecule has 5 nitrogen and oxygen atoms in total. The van der Waals surface area contributed by atoms with E-state index in [1.807, 2.05) is 12.1 Å². The van der Waals surface area contributed by atoms with Crippen LogP contribution in [0.5, 0.6) is 0 Å². The van der Waals surface area contributed by atoms with Crippen molar-refractivity contribution >= 4 is 28.8 Å². The Kier molecular flexibility index (Phi) is 4.11. The average molecular weight is 283 g/mol. The minimum atomic E-state index is -0.187. The number of nitrogens with one attached hydrogen (secondary N) is 1. The van der Waals surface area contributed by atoms with E-state index < -0.39 is 0 Å². The van der Waals surface area contributed by atoms with E-state index in [1.54, 1.807) is 11.0 Å². The van der Waals surface area contributed by atoms with Crippen molar-refractivity contribution < 1.29 is 4.79 Å². The highest BCUT2D eigenvalue weighted by Crippen LogP contribution is 2.23. The van der Waals surface area contributed by atoms with Crippen LogP contribution in [0.15, 0.2) is 31.0 Å². The highest BCUT2D eigenvalue weighted by atomic mass is 35.5. The Morgan fingerprint density at radius 3 is 3.00 bits per heavy atom. The number of rotatable bonds is 5. The second kappa shape index (κ2) is 5.79. The maximum Gasteiger partial charge on any atom is 0.276 e. The second-order valence-corrected chi connectivity index (χ2v) is 5.34. The third-order valence-electron chi connectivity index (χ3n) is 2.25. The first-order chi connectivity index (χ1) is 8.70. The molecule has 1 amide bonds. The van der Waals surface area contributed by atoms with Gasteiger partial charge in [-0.2, -0.15) is 15.4 Å². The molecular weight excluding hydrogens is 272 g/mol. The van der Waals surface area contributed by atoms with E-state index in [4.69, 9.17) is 11.6 Å². The fourth-order valence-electron chi connectivity index (χ4n) is 1.47. The van der Waals surface area contributed by atoms with Crippen molar-refractivity contribution in [1.29, 1.82) is 0 Å². The quantitative estimate of drug-likeness (QED) is 0.856. The zero-order chi connectivity index (χ0) is 13.0. The van der Waals surface area contributed by atoms with Crippen LogP contribution in [0.1, 0.15) is 15.4 Å². The number of hydrogen-bond acceptors (Lipinski definition) is 4. The summed E-state index contributed by atoms with van der Waals surface area (Å²) in [6.07, 6.45) is 3.08. The molecule has 18 heavy (non-hydrogen) atoms. The zero-order valence-corrected chi connectivity index (χ0v) is 11.0. The number of H-pyrrole nitrogens is 1. The van der Waals surface area contributed by atoms with E-state index in [1.165, 1.54) is 17.5 Å². The summed E-state index contributed by atoms with van der Waals surface area (Å²) in [5.41, 5.74) is 0.291. The van der Waals surface area contributed by atoms with Gasteiger partial charge in [0.15, 0.2) is 5.69 Å². The molecule has 0 saturated carbocycles. The third-order valence-corrected chi connectivity index (χ3v) is 3.46. The molecule has 0 aromatic carbocycles. The van der Waals surface area contributed by atoms with Gasteiger partial charge in [-0.05, 0) is 12.1 Å². The van der Waals surface area contributed by atoms with Crippen LogP contribution in [0.25, 0.3) is 0 Å². The number of aromatic amines is 1. The molecule has 0 atom stereocenters. The summed E-state index contributed by atoms with van der Waals surface area (Å²) in [7, 11) is 0.